The number of hydrogen-bond acceptors (Lipinski definition) is 4. The molecule has 0 atom stereocenters. The number of anilines is 1. The second-order valence-corrected chi connectivity index (χ2v) is 7.78. The van der Waals surface area contributed by atoms with E-state index in [-0.39, 0.29) is 18.3 Å². The Bertz CT molecular complexity index is 943. The van der Waals surface area contributed by atoms with E-state index in [1.807, 2.05) is 30.3 Å². The number of rotatable bonds is 5. The van der Waals surface area contributed by atoms with Crippen LogP contribution in [0.15, 0.2) is 54.6 Å². The van der Waals surface area contributed by atoms with E-state index in [0.717, 1.165) is 11.3 Å². The maximum absolute atomic E-state index is 13.1. The molecule has 2 aliphatic rings. The highest BCUT2D eigenvalue weighted by Crippen LogP contribution is 2.17. The lowest BCUT2D eigenvalue weighted by atomic mass is 10.2. The normalized spacial score (nSPS) is 17.3. The molecule has 0 bridgehead atoms. The summed E-state index contributed by atoms with van der Waals surface area (Å²) in [6, 6.07) is 15.8. The van der Waals surface area contributed by atoms with E-state index in [4.69, 9.17) is 0 Å². The molecule has 162 valence electrons. The molecule has 2 saturated heterocycles. The molecular formula is C23H25FN4O3. The summed E-state index contributed by atoms with van der Waals surface area (Å²) in [5.74, 6) is -1.62. The van der Waals surface area contributed by atoms with Gasteiger partial charge in [-0.05, 0) is 29.8 Å². The fourth-order valence-corrected chi connectivity index (χ4v) is 3.95. The lowest BCUT2D eigenvalue weighted by molar-refractivity contribution is -0.158. The average molecular weight is 424 g/mol. The summed E-state index contributed by atoms with van der Waals surface area (Å²) in [5.41, 5.74) is 1.89. The molecule has 2 heterocycles. The van der Waals surface area contributed by atoms with Crippen LogP contribution in [0.3, 0.4) is 0 Å². The number of halogens is 1. The summed E-state index contributed by atoms with van der Waals surface area (Å²) in [4.78, 5) is 44.4. The van der Waals surface area contributed by atoms with E-state index < -0.39 is 11.8 Å². The lowest BCUT2D eigenvalue weighted by Crippen LogP contribution is -2.57. The molecule has 7 nitrogen and oxygen atoms in total. The van der Waals surface area contributed by atoms with Crippen molar-refractivity contribution in [3.05, 3.63) is 66.0 Å². The fourth-order valence-electron chi connectivity index (χ4n) is 3.95. The number of benzene rings is 2. The number of hydrogen-bond donors (Lipinski definition) is 0. The second-order valence-electron chi connectivity index (χ2n) is 7.78. The SMILES string of the molecule is O=C(CN1CCN(Cc2ccccc2)C(=O)C1=O)N1CCN(c2ccc(F)cc2)CC1. The van der Waals surface area contributed by atoms with Crippen LogP contribution in [-0.4, -0.2) is 78.2 Å². The van der Waals surface area contributed by atoms with Gasteiger partial charge in [-0.1, -0.05) is 30.3 Å². The summed E-state index contributed by atoms with van der Waals surface area (Å²) in [6.07, 6.45) is 0. The third-order valence-electron chi connectivity index (χ3n) is 5.76. The lowest BCUT2D eigenvalue weighted by Gasteiger charge is -2.38. The Kier molecular flexibility index (Phi) is 6.16. The number of amides is 3. The van der Waals surface area contributed by atoms with Crippen molar-refractivity contribution in [3.8, 4) is 0 Å². The van der Waals surface area contributed by atoms with E-state index in [1.165, 1.54) is 21.9 Å². The predicted octanol–water partition coefficient (Wildman–Crippen LogP) is 1.35. The molecule has 8 heteroatoms. The van der Waals surface area contributed by atoms with E-state index in [2.05, 4.69) is 4.90 Å². The van der Waals surface area contributed by atoms with Crippen LogP contribution in [0.25, 0.3) is 0 Å². The van der Waals surface area contributed by atoms with Gasteiger partial charge in [0.05, 0.1) is 0 Å². The first-order chi connectivity index (χ1) is 15.0. The summed E-state index contributed by atoms with van der Waals surface area (Å²) >= 11 is 0. The van der Waals surface area contributed by atoms with Crippen LogP contribution < -0.4 is 4.90 Å². The predicted molar refractivity (Wildman–Crippen MR) is 114 cm³/mol. The van der Waals surface area contributed by atoms with Crippen LogP contribution in [0.5, 0.6) is 0 Å². The van der Waals surface area contributed by atoms with Gasteiger partial charge in [-0.3, -0.25) is 14.4 Å². The smallest absolute Gasteiger partial charge is 0.312 e. The van der Waals surface area contributed by atoms with Gasteiger partial charge in [0, 0.05) is 51.5 Å². The molecule has 3 amide bonds. The van der Waals surface area contributed by atoms with Crippen molar-refractivity contribution < 1.29 is 18.8 Å². The zero-order valence-corrected chi connectivity index (χ0v) is 17.2. The van der Waals surface area contributed by atoms with Crippen LogP contribution >= 0.6 is 0 Å². The molecule has 31 heavy (non-hydrogen) atoms. The van der Waals surface area contributed by atoms with Crippen molar-refractivity contribution in [1.82, 2.24) is 14.7 Å². The first kappa shape index (κ1) is 20.8. The Morgan fingerprint density at radius 1 is 0.774 bits per heavy atom. The molecule has 0 radical (unpaired) electrons. The van der Waals surface area contributed by atoms with Gasteiger partial charge in [-0.15, -0.1) is 0 Å². The van der Waals surface area contributed by atoms with Gasteiger partial charge in [-0.2, -0.15) is 0 Å². The maximum atomic E-state index is 13.1. The van der Waals surface area contributed by atoms with Gasteiger partial charge in [0.2, 0.25) is 5.91 Å². The van der Waals surface area contributed by atoms with Crippen molar-refractivity contribution >= 4 is 23.4 Å². The van der Waals surface area contributed by atoms with Gasteiger partial charge in [0.25, 0.3) is 0 Å². The van der Waals surface area contributed by atoms with Crippen molar-refractivity contribution in [2.24, 2.45) is 0 Å². The topological polar surface area (TPSA) is 64.2 Å². The van der Waals surface area contributed by atoms with Crippen molar-refractivity contribution in [3.63, 3.8) is 0 Å². The zero-order valence-electron chi connectivity index (χ0n) is 17.2. The van der Waals surface area contributed by atoms with Gasteiger partial charge in [0.15, 0.2) is 0 Å². The van der Waals surface area contributed by atoms with Gasteiger partial charge in [0.1, 0.15) is 12.4 Å². The first-order valence-corrected chi connectivity index (χ1v) is 10.4. The maximum Gasteiger partial charge on any atom is 0.312 e. The van der Waals surface area contributed by atoms with Crippen molar-refractivity contribution in [1.29, 1.82) is 0 Å². The van der Waals surface area contributed by atoms with Gasteiger partial charge < -0.3 is 19.6 Å². The monoisotopic (exact) mass is 424 g/mol. The van der Waals surface area contributed by atoms with Gasteiger partial charge >= 0.3 is 11.8 Å². The first-order valence-electron chi connectivity index (χ1n) is 10.4. The Balaban J connectivity index is 1.28. The van der Waals surface area contributed by atoms with E-state index in [1.54, 1.807) is 17.0 Å². The Morgan fingerprint density at radius 3 is 2.06 bits per heavy atom. The highest BCUT2D eigenvalue weighted by Gasteiger charge is 2.34. The summed E-state index contributed by atoms with van der Waals surface area (Å²) in [5, 5.41) is 0. The molecule has 0 aromatic heterocycles. The van der Waals surface area contributed by atoms with Crippen LogP contribution in [0.1, 0.15) is 5.56 Å². The highest BCUT2D eigenvalue weighted by atomic mass is 19.1. The molecule has 2 aromatic carbocycles. The highest BCUT2D eigenvalue weighted by molar-refractivity contribution is 6.35. The molecule has 0 spiro atoms. The minimum absolute atomic E-state index is 0.0830. The largest absolute Gasteiger partial charge is 0.368 e. The quantitative estimate of drug-likeness (QED) is 0.680. The summed E-state index contributed by atoms with van der Waals surface area (Å²) in [7, 11) is 0. The molecule has 2 aromatic rings. The number of carbonyl (C=O) groups excluding carboxylic acids is 3. The molecule has 0 aliphatic carbocycles. The van der Waals surface area contributed by atoms with Crippen molar-refractivity contribution in [2.45, 2.75) is 6.54 Å². The van der Waals surface area contributed by atoms with E-state index in [0.29, 0.717) is 45.8 Å². The average Bonchev–Trinajstić information content (AvgIpc) is 2.80. The van der Waals surface area contributed by atoms with Crippen LogP contribution in [0.4, 0.5) is 10.1 Å². The Labute approximate surface area is 180 Å². The number of piperazine rings is 2. The molecule has 0 N–H and O–H groups in total. The molecule has 2 fully saturated rings. The Hall–Kier alpha value is -3.42. The standard InChI is InChI=1S/C23H25FN4O3/c24-19-6-8-20(9-7-19)25-10-12-26(13-11-25)21(29)17-28-15-14-27(22(30)23(28)31)16-18-4-2-1-3-5-18/h1-9H,10-17H2. The van der Waals surface area contributed by atoms with Crippen LogP contribution in [-0.2, 0) is 20.9 Å². The molecular weight excluding hydrogens is 399 g/mol. The van der Waals surface area contributed by atoms with Gasteiger partial charge in [-0.25, -0.2) is 4.39 Å². The molecule has 0 saturated carbocycles. The molecule has 0 unspecified atom stereocenters. The van der Waals surface area contributed by atoms with Crippen LogP contribution in [0, 0.1) is 5.82 Å². The zero-order chi connectivity index (χ0) is 21.8. The number of carbonyl (C=O) groups is 3. The minimum Gasteiger partial charge on any atom is -0.368 e. The fraction of sp³-hybridized carbons (Fsp3) is 0.348. The van der Waals surface area contributed by atoms with Crippen molar-refractivity contribution in [2.75, 3.05) is 50.7 Å². The summed E-state index contributed by atoms with van der Waals surface area (Å²) in [6.45, 7) is 3.37. The molecule has 2 aliphatic heterocycles. The Morgan fingerprint density at radius 2 is 1.39 bits per heavy atom. The number of nitrogens with zero attached hydrogens (tertiary/aromatic N) is 4. The van der Waals surface area contributed by atoms with Crippen LogP contribution in [0.2, 0.25) is 0 Å². The van der Waals surface area contributed by atoms with E-state index in [9.17, 15) is 18.8 Å². The third-order valence-corrected chi connectivity index (χ3v) is 5.76. The second kappa shape index (κ2) is 9.16. The minimum atomic E-state index is -0.625. The third kappa shape index (κ3) is 4.84. The molecule has 4 rings (SSSR count). The summed E-state index contributed by atoms with van der Waals surface area (Å²) < 4.78 is 13.1. The van der Waals surface area contributed by atoms with E-state index >= 15 is 0 Å².